The number of rotatable bonds is 6. The molecule has 0 radical (unpaired) electrons. The second kappa shape index (κ2) is 7.90. The smallest absolute Gasteiger partial charge is 0.277 e. The van der Waals surface area contributed by atoms with Crippen molar-refractivity contribution in [2.75, 3.05) is 7.11 Å². The molecule has 0 bridgehead atoms. The fraction of sp³-hybridized carbons (Fsp3) is 0.190. The van der Waals surface area contributed by atoms with Crippen LogP contribution in [0.25, 0.3) is 22.9 Å². The van der Waals surface area contributed by atoms with E-state index < -0.39 is 0 Å². The average Bonchev–Trinajstić information content (AvgIpc) is 3.36. The first-order valence-corrected chi connectivity index (χ1v) is 9.74. The standard InChI is InChI=1S/C21H19N3O3S/c1-13-8-9-16(14(2)10-13)19-22-15(11-26-19)12-28-21-24-23-20(27-21)17-6-4-5-7-18(17)25-3/h4-11H,12H2,1-3H3. The topological polar surface area (TPSA) is 74.2 Å². The summed E-state index contributed by atoms with van der Waals surface area (Å²) in [6.07, 6.45) is 1.67. The Morgan fingerprint density at radius 2 is 1.86 bits per heavy atom. The minimum absolute atomic E-state index is 0.427. The first-order chi connectivity index (χ1) is 13.6. The molecule has 0 saturated carbocycles. The van der Waals surface area contributed by atoms with Crippen LogP contribution in [0.15, 0.2) is 62.8 Å². The summed E-state index contributed by atoms with van der Waals surface area (Å²) in [6, 6.07) is 13.7. The summed E-state index contributed by atoms with van der Waals surface area (Å²) >= 11 is 1.41. The molecular weight excluding hydrogens is 374 g/mol. The highest BCUT2D eigenvalue weighted by Crippen LogP contribution is 2.31. The van der Waals surface area contributed by atoms with Gasteiger partial charge in [-0.1, -0.05) is 41.6 Å². The minimum Gasteiger partial charge on any atom is -0.496 e. The fourth-order valence-electron chi connectivity index (χ4n) is 2.88. The van der Waals surface area contributed by atoms with E-state index in [0.717, 1.165) is 22.4 Å². The van der Waals surface area contributed by atoms with E-state index in [-0.39, 0.29) is 0 Å². The Labute approximate surface area is 167 Å². The van der Waals surface area contributed by atoms with Crippen molar-refractivity contribution < 1.29 is 13.6 Å². The lowest BCUT2D eigenvalue weighted by molar-refractivity contribution is 0.411. The maximum absolute atomic E-state index is 5.76. The molecule has 0 saturated heterocycles. The van der Waals surface area contributed by atoms with Gasteiger partial charge in [0.05, 0.1) is 18.4 Å². The van der Waals surface area contributed by atoms with E-state index in [2.05, 4.69) is 41.2 Å². The van der Waals surface area contributed by atoms with Gasteiger partial charge in [0.25, 0.3) is 11.1 Å². The highest BCUT2D eigenvalue weighted by atomic mass is 32.2. The zero-order valence-electron chi connectivity index (χ0n) is 15.8. The van der Waals surface area contributed by atoms with E-state index in [1.54, 1.807) is 13.4 Å². The molecule has 7 heteroatoms. The Kier molecular flexibility index (Phi) is 5.16. The molecular formula is C21H19N3O3S. The van der Waals surface area contributed by atoms with Crippen LogP contribution in [-0.2, 0) is 5.75 Å². The number of oxazole rings is 1. The molecule has 0 N–H and O–H groups in total. The van der Waals surface area contributed by atoms with Crippen LogP contribution in [0.4, 0.5) is 0 Å². The third kappa shape index (κ3) is 3.80. The summed E-state index contributed by atoms with van der Waals surface area (Å²) < 4.78 is 16.8. The molecule has 142 valence electrons. The van der Waals surface area contributed by atoms with Crippen molar-refractivity contribution in [3.8, 4) is 28.7 Å². The van der Waals surface area contributed by atoms with Gasteiger partial charge in [0.1, 0.15) is 12.0 Å². The first-order valence-electron chi connectivity index (χ1n) is 8.76. The summed E-state index contributed by atoms with van der Waals surface area (Å²) in [5, 5.41) is 8.69. The first kappa shape index (κ1) is 18.3. The van der Waals surface area contributed by atoms with Crippen molar-refractivity contribution >= 4 is 11.8 Å². The number of hydrogen-bond donors (Lipinski definition) is 0. The van der Waals surface area contributed by atoms with Gasteiger partial charge in [-0.05, 0) is 37.6 Å². The zero-order chi connectivity index (χ0) is 19.5. The van der Waals surface area contributed by atoms with E-state index in [1.165, 1.54) is 17.3 Å². The van der Waals surface area contributed by atoms with Crippen molar-refractivity contribution in [2.45, 2.75) is 24.8 Å². The van der Waals surface area contributed by atoms with E-state index in [0.29, 0.717) is 28.5 Å². The second-order valence-electron chi connectivity index (χ2n) is 6.32. The van der Waals surface area contributed by atoms with Crippen LogP contribution in [0.3, 0.4) is 0 Å². The van der Waals surface area contributed by atoms with Crippen LogP contribution in [-0.4, -0.2) is 22.3 Å². The number of hydrogen-bond acceptors (Lipinski definition) is 7. The SMILES string of the molecule is COc1ccccc1-c1nnc(SCc2coc(-c3ccc(C)cc3C)n2)o1. The number of methoxy groups -OCH3 is 1. The summed E-state index contributed by atoms with van der Waals surface area (Å²) in [7, 11) is 1.61. The summed E-state index contributed by atoms with van der Waals surface area (Å²) in [5.41, 5.74) is 4.93. The fourth-order valence-corrected chi connectivity index (χ4v) is 3.52. The summed E-state index contributed by atoms with van der Waals surface area (Å²) in [5.74, 6) is 2.31. The molecule has 0 unspecified atom stereocenters. The van der Waals surface area contributed by atoms with Crippen LogP contribution in [0.5, 0.6) is 5.75 Å². The van der Waals surface area contributed by atoms with Crippen molar-refractivity contribution in [1.82, 2.24) is 15.2 Å². The van der Waals surface area contributed by atoms with Gasteiger partial charge in [0.2, 0.25) is 5.89 Å². The predicted octanol–water partition coefficient (Wildman–Crippen LogP) is 5.31. The number of benzene rings is 2. The average molecular weight is 393 g/mol. The molecule has 2 heterocycles. The van der Waals surface area contributed by atoms with Crippen LogP contribution in [0, 0.1) is 13.8 Å². The largest absolute Gasteiger partial charge is 0.496 e. The number of nitrogens with zero attached hydrogens (tertiary/aromatic N) is 3. The molecule has 0 aliphatic heterocycles. The molecule has 0 aliphatic carbocycles. The van der Waals surface area contributed by atoms with E-state index in [4.69, 9.17) is 13.6 Å². The highest BCUT2D eigenvalue weighted by Gasteiger charge is 2.15. The third-order valence-corrected chi connectivity index (χ3v) is 5.10. The second-order valence-corrected chi connectivity index (χ2v) is 7.25. The molecule has 28 heavy (non-hydrogen) atoms. The molecule has 0 fully saturated rings. The quantitative estimate of drug-likeness (QED) is 0.411. The predicted molar refractivity (Wildman–Crippen MR) is 107 cm³/mol. The Morgan fingerprint density at radius 1 is 1.00 bits per heavy atom. The lowest BCUT2D eigenvalue weighted by Crippen LogP contribution is -1.87. The highest BCUT2D eigenvalue weighted by molar-refractivity contribution is 7.98. The maximum atomic E-state index is 5.76. The van der Waals surface area contributed by atoms with Crippen LogP contribution in [0.2, 0.25) is 0 Å². The molecule has 6 nitrogen and oxygen atoms in total. The maximum Gasteiger partial charge on any atom is 0.277 e. The summed E-state index contributed by atoms with van der Waals surface area (Å²) in [4.78, 5) is 4.58. The van der Waals surface area contributed by atoms with Gasteiger partial charge >= 0.3 is 0 Å². The molecule has 4 rings (SSSR count). The molecule has 4 aromatic rings. The van der Waals surface area contributed by atoms with Crippen LogP contribution >= 0.6 is 11.8 Å². The van der Waals surface area contributed by atoms with E-state index in [1.807, 2.05) is 30.3 Å². The van der Waals surface area contributed by atoms with Crippen molar-refractivity contribution in [3.05, 3.63) is 65.5 Å². The van der Waals surface area contributed by atoms with Gasteiger partial charge in [-0.3, -0.25) is 0 Å². The molecule has 0 spiro atoms. The molecule has 2 aromatic carbocycles. The Bertz CT molecular complexity index is 1100. The lowest BCUT2D eigenvalue weighted by Gasteiger charge is -2.03. The van der Waals surface area contributed by atoms with Crippen LogP contribution < -0.4 is 4.74 Å². The van der Waals surface area contributed by atoms with Gasteiger partial charge in [0.15, 0.2) is 0 Å². The number of thioether (sulfide) groups is 1. The lowest BCUT2D eigenvalue weighted by atomic mass is 10.1. The summed E-state index contributed by atoms with van der Waals surface area (Å²) in [6.45, 7) is 4.12. The van der Waals surface area contributed by atoms with Crippen molar-refractivity contribution in [3.63, 3.8) is 0 Å². The van der Waals surface area contributed by atoms with Gasteiger partial charge < -0.3 is 13.6 Å². The third-order valence-electron chi connectivity index (χ3n) is 4.25. The Hall–Kier alpha value is -3.06. The Morgan fingerprint density at radius 3 is 2.68 bits per heavy atom. The van der Waals surface area contributed by atoms with Crippen molar-refractivity contribution in [2.24, 2.45) is 0 Å². The van der Waals surface area contributed by atoms with Gasteiger partial charge in [-0.2, -0.15) is 0 Å². The van der Waals surface area contributed by atoms with Gasteiger partial charge in [-0.25, -0.2) is 4.98 Å². The minimum atomic E-state index is 0.427. The van der Waals surface area contributed by atoms with E-state index >= 15 is 0 Å². The van der Waals surface area contributed by atoms with Gasteiger partial charge in [0, 0.05) is 11.3 Å². The van der Waals surface area contributed by atoms with Gasteiger partial charge in [-0.15, -0.1) is 10.2 Å². The monoisotopic (exact) mass is 393 g/mol. The number of ether oxygens (including phenoxy) is 1. The molecule has 0 atom stereocenters. The molecule has 0 aliphatic rings. The normalized spacial score (nSPS) is 11.0. The van der Waals surface area contributed by atoms with Crippen LogP contribution in [0.1, 0.15) is 16.8 Å². The number of para-hydroxylation sites is 1. The number of aromatic nitrogens is 3. The number of aryl methyl sites for hydroxylation is 2. The van der Waals surface area contributed by atoms with Crippen molar-refractivity contribution in [1.29, 1.82) is 0 Å². The Balaban J connectivity index is 1.46. The molecule has 0 amide bonds. The zero-order valence-corrected chi connectivity index (χ0v) is 16.6. The molecule has 2 aromatic heterocycles. The van der Waals surface area contributed by atoms with E-state index in [9.17, 15) is 0 Å².